The molecule has 10 heteroatoms. The maximum atomic E-state index is 12.5. The second kappa shape index (κ2) is 10.8. The summed E-state index contributed by atoms with van der Waals surface area (Å²) >= 11 is 1.42. The summed E-state index contributed by atoms with van der Waals surface area (Å²) in [7, 11) is 0. The molecule has 3 heterocycles. The number of carbonyl (C=O) groups excluding carboxylic acids is 3. The molecule has 0 radical (unpaired) electrons. The molecule has 1 aromatic carbocycles. The number of cyclic esters (lactones) is 1. The number of hydrogen-bond acceptors (Lipinski definition) is 8. The van der Waals surface area contributed by atoms with Crippen LogP contribution in [0.3, 0.4) is 0 Å². The van der Waals surface area contributed by atoms with E-state index in [9.17, 15) is 14.4 Å². The van der Waals surface area contributed by atoms with Crippen LogP contribution in [0.4, 0.5) is 10.5 Å². The van der Waals surface area contributed by atoms with Crippen LogP contribution in [0.1, 0.15) is 35.7 Å². The molecular formula is C24H28N4O5S. The van der Waals surface area contributed by atoms with E-state index in [2.05, 4.69) is 10.2 Å². The molecule has 2 aromatic rings. The normalized spacial score (nSPS) is 19.0. The second-order valence-corrected chi connectivity index (χ2v) is 9.11. The van der Waals surface area contributed by atoms with Crippen molar-refractivity contribution < 1.29 is 23.9 Å². The summed E-state index contributed by atoms with van der Waals surface area (Å²) in [6.07, 6.45) is 0.841. The minimum Gasteiger partial charge on any atom is -0.466 e. The lowest BCUT2D eigenvalue weighted by Crippen LogP contribution is -2.41. The SMILES string of the molecule is CCOC(=O)C1CCN(CC2CN(c3ccc(C(=N)NC(=O)c4ccsc4)cc3)C(=O)O2)CC1. The van der Waals surface area contributed by atoms with Gasteiger partial charge in [-0.3, -0.25) is 24.8 Å². The minimum absolute atomic E-state index is 0.00385. The maximum absolute atomic E-state index is 12.5. The summed E-state index contributed by atoms with van der Waals surface area (Å²) in [6, 6.07) is 8.59. The van der Waals surface area contributed by atoms with Crippen LogP contribution in [0.25, 0.3) is 0 Å². The van der Waals surface area contributed by atoms with Crippen LogP contribution in [0.2, 0.25) is 0 Å². The summed E-state index contributed by atoms with van der Waals surface area (Å²) in [4.78, 5) is 40.3. The first-order chi connectivity index (χ1) is 16.4. The Bertz CT molecular complexity index is 1030. The number of benzene rings is 1. The lowest BCUT2D eigenvalue weighted by Gasteiger charge is -2.31. The highest BCUT2D eigenvalue weighted by molar-refractivity contribution is 7.08. The van der Waals surface area contributed by atoms with E-state index in [-0.39, 0.29) is 29.7 Å². The van der Waals surface area contributed by atoms with Crippen molar-refractivity contribution in [3.63, 3.8) is 0 Å². The highest BCUT2D eigenvalue weighted by atomic mass is 32.1. The van der Waals surface area contributed by atoms with E-state index in [1.165, 1.54) is 11.3 Å². The second-order valence-electron chi connectivity index (χ2n) is 8.33. The molecule has 34 heavy (non-hydrogen) atoms. The van der Waals surface area contributed by atoms with Crippen molar-refractivity contribution in [1.82, 2.24) is 10.2 Å². The van der Waals surface area contributed by atoms with Crippen LogP contribution in [-0.4, -0.2) is 67.6 Å². The van der Waals surface area contributed by atoms with Crippen LogP contribution in [0, 0.1) is 11.3 Å². The summed E-state index contributed by atoms with van der Waals surface area (Å²) in [5.41, 5.74) is 1.73. The molecule has 0 aliphatic carbocycles. The minimum atomic E-state index is -0.403. The molecule has 2 amide bonds. The Kier molecular flexibility index (Phi) is 7.59. The molecule has 1 aromatic heterocycles. The molecule has 180 valence electrons. The van der Waals surface area contributed by atoms with Crippen molar-refractivity contribution in [3.05, 3.63) is 52.2 Å². The van der Waals surface area contributed by atoms with Gasteiger partial charge in [-0.15, -0.1) is 0 Å². The van der Waals surface area contributed by atoms with Crippen molar-refractivity contribution in [2.45, 2.75) is 25.9 Å². The molecule has 0 spiro atoms. The molecule has 4 rings (SSSR count). The molecule has 9 nitrogen and oxygen atoms in total. The van der Waals surface area contributed by atoms with Crippen molar-refractivity contribution >= 4 is 40.8 Å². The lowest BCUT2D eigenvalue weighted by molar-refractivity contribution is -0.149. The fraction of sp³-hybridized carbons (Fsp3) is 0.417. The van der Waals surface area contributed by atoms with Crippen molar-refractivity contribution in [2.24, 2.45) is 5.92 Å². The van der Waals surface area contributed by atoms with Gasteiger partial charge in [-0.05, 0) is 68.6 Å². The Hall–Kier alpha value is -3.24. The Morgan fingerprint density at radius 1 is 1.18 bits per heavy atom. The molecule has 2 saturated heterocycles. The summed E-state index contributed by atoms with van der Waals surface area (Å²) in [6.45, 7) is 4.81. The lowest BCUT2D eigenvalue weighted by atomic mass is 9.97. The molecule has 0 saturated carbocycles. The van der Waals surface area contributed by atoms with Gasteiger partial charge in [-0.2, -0.15) is 11.3 Å². The third-order valence-electron chi connectivity index (χ3n) is 6.03. The van der Waals surface area contributed by atoms with Crippen LogP contribution in [0.5, 0.6) is 0 Å². The van der Waals surface area contributed by atoms with E-state index < -0.39 is 6.09 Å². The largest absolute Gasteiger partial charge is 0.466 e. The predicted octanol–water partition coefficient (Wildman–Crippen LogP) is 3.10. The molecule has 2 aliphatic heterocycles. The van der Waals surface area contributed by atoms with Crippen molar-refractivity contribution in [3.8, 4) is 0 Å². The average molecular weight is 485 g/mol. The zero-order valence-corrected chi connectivity index (χ0v) is 19.8. The number of nitrogens with one attached hydrogen (secondary N) is 2. The zero-order valence-electron chi connectivity index (χ0n) is 19.0. The molecule has 2 N–H and O–H groups in total. The topological polar surface area (TPSA) is 112 Å². The monoisotopic (exact) mass is 484 g/mol. The Balaban J connectivity index is 1.28. The Morgan fingerprint density at radius 3 is 2.56 bits per heavy atom. The van der Waals surface area contributed by atoms with Gasteiger partial charge in [-0.25, -0.2) is 4.79 Å². The van der Waals surface area contributed by atoms with E-state index in [0.29, 0.717) is 36.5 Å². The highest BCUT2D eigenvalue weighted by Gasteiger charge is 2.35. The number of hydrogen-bond donors (Lipinski definition) is 2. The number of esters is 1. The third kappa shape index (κ3) is 5.63. The number of anilines is 1. The van der Waals surface area contributed by atoms with Gasteiger partial charge < -0.3 is 14.8 Å². The van der Waals surface area contributed by atoms with Crippen molar-refractivity contribution in [1.29, 1.82) is 5.41 Å². The quantitative estimate of drug-likeness (QED) is 0.355. The summed E-state index contributed by atoms with van der Waals surface area (Å²) in [5.74, 6) is -0.502. The summed E-state index contributed by atoms with van der Waals surface area (Å²) < 4.78 is 10.7. The molecule has 1 unspecified atom stereocenters. The zero-order chi connectivity index (χ0) is 24.1. The van der Waals surface area contributed by atoms with Gasteiger partial charge in [0.2, 0.25) is 0 Å². The van der Waals surface area contributed by atoms with E-state index in [1.807, 2.05) is 6.92 Å². The van der Waals surface area contributed by atoms with E-state index in [1.54, 1.807) is 46.0 Å². The van der Waals surface area contributed by atoms with Crippen LogP contribution in [-0.2, 0) is 14.3 Å². The van der Waals surface area contributed by atoms with E-state index in [0.717, 1.165) is 25.9 Å². The Labute approximate surface area is 202 Å². The number of ether oxygens (including phenoxy) is 2. The number of amides is 2. The molecule has 1 atom stereocenters. The number of rotatable bonds is 7. The number of thiophene rings is 1. The number of piperidine rings is 1. The molecule has 2 aliphatic rings. The van der Waals surface area contributed by atoms with Crippen LogP contribution < -0.4 is 10.2 Å². The van der Waals surface area contributed by atoms with Gasteiger partial charge in [0.05, 0.1) is 24.6 Å². The van der Waals surface area contributed by atoms with Gasteiger partial charge in [0.1, 0.15) is 11.9 Å². The fourth-order valence-electron chi connectivity index (χ4n) is 4.19. The van der Waals surface area contributed by atoms with Crippen molar-refractivity contribution in [2.75, 3.05) is 37.7 Å². The van der Waals surface area contributed by atoms with Gasteiger partial charge in [-0.1, -0.05) is 0 Å². The van der Waals surface area contributed by atoms with Crippen LogP contribution >= 0.6 is 11.3 Å². The first-order valence-corrected chi connectivity index (χ1v) is 12.3. The van der Waals surface area contributed by atoms with Gasteiger partial charge in [0.25, 0.3) is 5.91 Å². The third-order valence-corrected chi connectivity index (χ3v) is 6.72. The standard InChI is InChI=1S/C24H28N4O5S/c1-2-32-23(30)17-7-10-27(11-8-17)13-20-14-28(24(31)33-20)19-5-3-16(4-6-19)21(25)26-22(29)18-9-12-34-15-18/h3-6,9,12,15,17,20H,2,7-8,10-11,13-14H2,1H3,(H2,25,26,29). The number of carbonyl (C=O) groups is 3. The maximum Gasteiger partial charge on any atom is 0.414 e. The fourth-order valence-corrected chi connectivity index (χ4v) is 4.82. The van der Waals surface area contributed by atoms with Crippen LogP contribution in [0.15, 0.2) is 41.1 Å². The first kappa shape index (κ1) is 23.9. The van der Waals surface area contributed by atoms with E-state index in [4.69, 9.17) is 14.9 Å². The molecule has 2 fully saturated rings. The molecule has 0 bridgehead atoms. The smallest absolute Gasteiger partial charge is 0.414 e. The Morgan fingerprint density at radius 2 is 1.91 bits per heavy atom. The summed E-state index contributed by atoms with van der Waals surface area (Å²) in [5, 5.41) is 14.3. The number of likely N-dealkylation sites (tertiary alicyclic amines) is 1. The average Bonchev–Trinajstić information content (AvgIpc) is 3.50. The molecular weight excluding hydrogens is 456 g/mol. The number of nitrogens with zero attached hydrogens (tertiary/aromatic N) is 2. The van der Waals surface area contributed by atoms with Gasteiger partial charge in [0.15, 0.2) is 0 Å². The predicted molar refractivity (Wildman–Crippen MR) is 128 cm³/mol. The van der Waals surface area contributed by atoms with Gasteiger partial charge >= 0.3 is 12.1 Å². The van der Waals surface area contributed by atoms with E-state index >= 15 is 0 Å². The highest BCUT2D eigenvalue weighted by Crippen LogP contribution is 2.24. The number of amidine groups is 1. The first-order valence-electron chi connectivity index (χ1n) is 11.3. The van der Waals surface area contributed by atoms with Gasteiger partial charge in [0, 0.05) is 23.2 Å².